The fraction of sp³-hybridized carbons (Fsp3) is 0.349. The van der Waals surface area contributed by atoms with Crippen LogP contribution < -0.4 is 38.1 Å². The number of nitrogens with two attached hydrogens (primary N) is 2. The zero-order valence-corrected chi connectivity index (χ0v) is 32.6. The summed E-state index contributed by atoms with van der Waals surface area (Å²) in [5.74, 6) is -3.47. The third-order valence-electron chi connectivity index (χ3n) is 9.41. The van der Waals surface area contributed by atoms with E-state index in [-0.39, 0.29) is 32.2 Å². The number of aromatic nitrogens is 1. The van der Waals surface area contributed by atoms with Gasteiger partial charge in [-0.3, -0.25) is 24.0 Å². The first kappa shape index (κ1) is 43.6. The molecule has 57 heavy (non-hydrogen) atoms. The van der Waals surface area contributed by atoms with Crippen molar-refractivity contribution in [3.63, 3.8) is 0 Å². The molecule has 0 saturated carbocycles. The van der Waals surface area contributed by atoms with Gasteiger partial charge in [0.05, 0.1) is 12.1 Å². The van der Waals surface area contributed by atoms with E-state index in [1.165, 1.54) is 6.92 Å². The lowest BCUT2D eigenvalue weighted by atomic mass is 10.00. The standard InChI is InChI=1S/C43H54N8O6/c1-27(2)38(43(57)47-32(26-52)22-29-14-6-4-7-15-29)51-40(54)35(20-12-13-21-44)48-42(56)37(24-31-25-46-34-19-11-10-18-33(31)34)50-41(55)36(49-39(53)28(3)45)23-30-16-8-5-9-17-30/h4-19,25-28,32,35-38,46H,20-24,44-45H2,1-3H3,(H,47,57)(H,48,56)(H,49,53)(H,50,55)(H,51,54)/b13-12+/t28-,32+,35+,36+,37+,38+/m1/s1. The van der Waals surface area contributed by atoms with Gasteiger partial charge in [0.15, 0.2) is 0 Å². The molecule has 3 aromatic carbocycles. The predicted molar refractivity (Wildman–Crippen MR) is 219 cm³/mol. The first-order valence-corrected chi connectivity index (χ1v) is 19.1. The molecule has 0 aliphatic carbocycles. The SMILES string of the molecule is CC(C)[C@H](NC(=O)[C@H](C/C=C/CN)NC(=O)[C@H](Cc1c[nH]c2ccccc12)NC(=O)[C@H](Cc1ccccc1)NC(=O)[C@@H](C)N)C(=O)N[C@H](C=O)Cc1ccccc1. The first-order valence-electron chi connectivity index (χ1n) is 19.1. The van der Waals surface area contributed by atoms with Crippen LogP contribution in [-0.4, -0.2) is 83.6 Å². The second-order valence-corrected chi connectivity index (χ2v) is 14.3. The summed E-state index contributed by atoms with van der Waals surface area (Å²) in [5.41, 5.74) is 14.7. The normalized spacial score (nSPS) is 14.5. The van der Waals surface area contributed by atoms with Crippen LogP contribution in [0.3, 0.4) is 0 Å². The Morgan fingerprint density at radius 1 is 0.632 bits per heavy atom. The highest BCUT2D eigenvalue weighted by atomic mass is 16.2. The number of amides is 5. The third kappa shape index (κ3) is 13.3. The van der Waals surface area contributed by atoms with Crippen molar-refractivity contribution < 1.29 is 28.8 Å². The van der Waals surface area contributed by atoms with Gasteiger partial charge < -0.3 is 47.8 Å². The molecule has 14 nitrogen and oxygen atoms in total. The van der Waals surface area contributed by atoms with Gasteiger partial charge in [0, 0.05) is 36.5 Å². The van der Waals surface area contributed by atoms with Crippen LogP contribution in [0.15, 0.2) is 103 Å². The Bertz CT molecular complexity index is 1980. The van der Waals surface area contributed by atoms with Crippen molar-refractivity contribution in [1.82, 2.24) is 31.6 Å². The van der Waals surface area contributed by atoms with E-state index in [0.29, 0.717) is 6.29 Å². The minimum atomic E-state index is -1.22. The summed E-state index contributed by atoms with van der Waals surface area (Å²) in [7, 11) is 0. The van der Waals surface area contributed by atoms with Crippen molar-refractivity contribution in [3.8, 4) is 0 Å². The minimum absolute atomic E-state index is 0.0149. The van der Waals surface area contributed by atoms with Crippen LogP contribution in [0.5, 0.6) is 0 Å². The van der Waals surface area contributed by atoms with E-state index in [0.717, 1.165) is 27.6 Å². The van der Waals surface area contributed by atoms with E-state index >= 15 is 0 Å². The number of hydrogen-bond donors (Lipinski definition) is 8. The van der Waals surface area contributed by atoms with E-state index in [2.05, 4.69) is 31.6 Å². The Morgan fingerprint density at radius 3 is 1.77 bits per heavy atom. The summed E-state index contributed by atoms with van der Waals surface area (Å²) < 4.78 is 0. The van der Waals surface area contributed by atoms with E-state index < -0.39 is 71.7 Å². The van der Waals surface area contributed by atoms with Gasteiger partial charge in [-0.05, 0) is 48.4 Å². The lowest BCUT2D eigenvalue weighted by molar-refractivity contribution is -0.135. The molecule has 0 spiro atoms. The number of fused-ring (bicyclic) bond motifs is 1. The fourth-order valence-corrected chi connectivity index (χ4v) is 6.26. The summed E-state index contributed by atoms with van der Waals surface area (Å²) in [6.07, 6.45) is 6.11. The van der Waals surface area contributed by atoms with Crippen molar-refractivity contribution in [2.24, 2.45) is 17.4 Å². The fourth-order valence-electron chi connectivity index (χ4n) is 6.26. The van der Waals surface area contributed by atoms with E-state index in [1.54, 1.807) is 32.2 Å². The molecular weight excluding hydrogens is 725 g/mol. The van der Waals surface area contributed by atoms with Gasteiger partial charge in [0.1, 0.15) is 30.5 Å². The summed E-state index contributed by atoms with van der Waals surface area (Å²) in [4.78, 5) is 83.8. The monoisotopic (exact) mass is 778 g/mol. The lowest BCUT2D eigenvalue weighted by Crippen LogP contribution is -2.60. The number of carbonyl (C=O) groups excluding carboxylic acids is 6. The molecule has 4 aromatic rings. The Kier molecular flexibility index (Phi) is 16.7. The van der Waals surface area contributed by atoms with E-state index in [4.69, 9.17) is 11.5 Å². The molecule has 10 N–H and O–H groups in total. The summed E-state index contributed by atoms with van der Waals surface area (Å²) >= 11 is 0. The van der Waals surface area contributed by atoms with Crippen LogP contribution in [0.1, 0.15) is 43.9 Å². The molecule has 0 aliphatic rings. The Labute approximate surface area is 333 Å². The van der Waals surface area contributed by atoms with Crippen LogP contribution >= 0.6 is 0 Å². The average molecular weight is 779 g/mol. The maximum Gasteiger partial charge on any atom is 0.243 e. The molecule has 4 rings (SSSR count). The average Bonchev–Trinajstić information content (AvgIpc) is 3.61. The minimum Gasteiger partial charge on any atom is -0.361 e. The Hall–Kier alpha value is -6.12. The van der Waals surface area contributed by atoms with Gasteiger partial charge in [-0.1, -0.05) is 105 Å². The van der Waals surface area contributed by atoms with Gasteiger partial charge >= 0.3 is 0 Å². The number of para-hydroxylation sites is 1. The second-order valence-electron chi connectivity index (χ2n) is 14.3. The van der Waals surface area contributed by atoms with Crippen molar-refractivity contribution in [1.29, 1.82) is 0 Å². The van der Waals surface area contributed by atoms with Crippen molar-refractivity contribution in [3.05, 3.63) is 120 Å². The summed E-state index contributed by atoms with van der Waals surface area (Å²) in [6.45, 7) is 5.19. The number of benzene rings is 3. The Balaban J connectivity index is 1.59. The number of carbonyl (C=O) groups is 6. The first-order chi connectivity index (χ1) is 27.4. The Morgan fingerprint density at radius 2 is 1.18 bits per heavy atom. The van der Waals surface area contributed by atoms with Crippen LogP contribution in [0.4, 0.5) is 0 Å². The molecule has 0 aliphatic heterocycles. The quantitative estimate of drug-likeness (QED) is 0.0458. The van der Waals surface area contributed by atoms with E-state index in [1.807, 2.05) is 84.9 Å². The zero-order chi connectivity index (χ0) is 41.3. The third-order valence-corrected chi connectivity index (χ3v) is 9.41. The molecular formula is C43H54N8O6. The predicted octanol–water partition coefficient (Wildman–Crippen LogP) is 1.73. The highest BCUT2D eigenvalue weighted by molar-refractivity contribution is 5.97. The molecule has 6 atom stereocenters. The number of nitrogens with one attached hydrogen (secondary N) is 6. The zero-order valence-electron chi connectivity index (χ0n) is 32.6. The maximum absolute atomic E-state index is 14.3. The molecule has 0 unspecified atom stereocenters. The van der Waals surface area contributed by atoms with E-state index in [9.17, 15) is 28.8 Å². The summed E-state index contributed by atoms with van der Waals surface area (Å²) in [5, 5.41) is 14.7. The van der Waals surface area contributed by atoms with Crippen LogP contribution in [0.25, 0.3) is 10.9 Å². The van der Waals surface area contributed by atoms with Gasteiger partial charge in [-0.2, -0.15) is 0 Å². The number of H-pyrrole nitrogens is 1. The maximum atomic E-state index is 14.3. The molecule has 1 heterocycles. The largest absolute Gasteiger partial charge is 0.361 e. The summed E-state index contributed by atoms with van der Waals surface area (Å²) in [6, 6.07) is 19.5. The van der Waals surface area contributed by atoms with Gasteiger partial charge in [0.25, 0.3) is 0 Å². The topological polar surface area (TPSA) is 230 Å². The second kappa shape index (κ2) is 21.8. The number of rotatable bonds is 21. The van der Waals surface area contributed by atoms with Gasteiger partial charge in [-0.15, -0.1) is 0 Å². The van der Waals surface area contributed by atoms with Crippen LogP contribution in [0.2, 0.25) is 0 Å². The van der Waals surface area contributed by atoms with Gasteiger partial charge in [0.2, 0.25) is 29.5 Å². The highest BCUT2D eigenvalue weighted by Crippen LogP contribution is 2.20. The number of aldehydes is 1. The van der Waals surface area contributed by atoms with Crippen molar-refractivity contribution >= 4 is 46.7 Å². The number of hydrogen-bond acceptors (Lipinski definition) is 8. The smallest absolute Gasteiger partial charge is 0.243 e. The van der Waals surface area contributed by atoms with Crippen molar-refractivity contribution in [2.45, 2.75) is 82.7 Å². The van der Waals surface area contributed by atoms with Crippen LogP contribution in [-0.2, 0) is 48.0 Å². The van der Waals surface area contributed by atoms with Crippen molar-refractivity contribution in [2.75, 3.05) is 6.54 Å². The molecule has 302 valence electrons. The molecule has 0 radical (unpaired) electrons. The molecule has 0 bridgehead atoms. The molecule has 0 saturated heterocycles. The molecule has 14 heteroatoms. The molecule has 1 aromatic heterocycles. The number of aromatic amines is 1. The van der Waals surface area contributed by atoms with Gasteiger partial charge in [-0.25, -0.2) is 0 Å². The lowest BCUT2D eigenvalue weighted by Gasteiger charge is -2.28. The van der Waals surface area contributed by atoms with Crippen LogP contribution in [0, 0.1) is 5.92 Å². The molecule has 5 amide bonds. The highest BCUT2D eigenvalue weighted by Gasteiger charge is 2.33. The molecule has 0 fully saturated rings.